The third-order valence-corrected chi connectivity index (χ3v) is 5.49. The summed E-state index contributed by atoms with van der Waals surface area (Å²) in [6.45, 7) is 3.13. The number of alkyl halides is 3. The second-order valence-corrected chi connectivity index (χ2v) is 7.70. The van der Waals surface area contributed by atoms with Crippen LogP contribution in [0.15, 0.2) is 42.6 Å². The number of aromatic nitrogens is 3. The van der Waals surface area contributed by atoms with E-state index in [-0.39, 0.29) is 16.9 Å². The highest BCUT2D eigenvalue weighted by molar-refractivity contribution is 5.99. The maximum atomic E-state index is 13.7. The molecule has 3 heterocycles. The maximum absolute atomic E-state index is 13.7. The summed E-state index contributed by atoms with van der Waals surface area (Å²) in [5.41, 5.74) is -0.385. The van der Waals surface area contributed by atoms with Gasteiger partial charge < -0.3 is 10.2 Å². The van der Waals surface area contributed by atoms with Gasteiger partial charge in [-0.2, -0.15) is 18.3 Å². The molecule has 1 fully saturated rings. The van der Waals surface area contributed by atoms with Crippen LogP contribution in [0.2, 0.25) is 0 Å². The van der Waals surface area contributed by atoms with E-state index in [1.165, 1.54) is 12.8 Å². The summed E-state index contributed by atoms with van der Waals surface area (Å²) in [5, 5.41) is 6.62. The standard InChI is InChI=1S/C22H24F3N5O/c23-22(24,25)19-14-18(16-8-4-3-5-9-16)28-20-17(15-27-30(19)20)21(31)26-10-13-29-11-6-1-2-7-12-29/h3-5,8-9,14-15H,1-2,6-7,10-13H2,(H,26,31). The average molecular weight is 431 g/mol. The Morgan fingerprint density at radius 2 is 1.77 bits per heavy atom. The minimum absolute atomic E-state index is 0.0270. The summed E-state index contributed by atoms with van der Waals surface area (Å²) in [5.74, 6) is -0.476. The highest BCUT2D eigenvalue weighted by Crippen LogP contribution is 2.32. The Labute approximate surface area is 178 Å². The van der Waals surface area contributed by atoms with Crippen molar-refractivity contribution in [1.29, 1.82) is 0 Å². The lowest BCUT2D eigenvalue weighted by atomic mass is 10.1. The first-order chi connectivity index (χ1) is 14.9. The summed E-state index contributed by atoms with van der Waals surface area (Å²) in [6.07, 6.45) is 1.25. The van der Waals surface area contributed by atoms with Gasteiger partial charge in [0.2, 0.25) is 0 Å². The van der Waals surface area contributed by atoms with Gasteiger partial charge in [-0.05, 0) is 32.0 Å². The number of amides is 1. The molecule has 3 aromatic rings. The van der Waals surface area contributed by atoms with Gasteiger partial charge in [0.25, 0.3) is 5.91 Å². The van der Waals surface area contributed by atoms with E-state index < -0.39 is 17.8 Å². The molecule has 1 aliphatic rings. The van der Waals surface area contributed by atoms with Gasteiger partial charge in [0, 0.05) is 18.7 Å². The highest BCUT2D eigenvalue weighted by atomic mass is 19.4. The molecule has 1 amide bonds. The van der Waals surface area contributed by atoms with Crippen molar-refractivity contribution in [1.82, 2.24) is 24.8 Å². The minimum atomic E-state index is -4.64. The molecule has 2 aromatic heterocycles. The zero-order valence-electron chi connectivity index (χ0n) is 17.0. The summed E-state index contributed by atoms with van der Waals surface area (Å²) >= 11 is 0. The molecule has 4 rings (SSSR count). The molecule has 0 radical (unpaired) electrons. The number of carbonyl (C=O) groups is 1. The predicted octanol–water partition coefficient (Wildman–Crippen LogP) is 4.02. The highest BCUT2D eigenvalue weighted by Gasteiger charge is 2.36. The molecule has 6 nitrogen and oxygen atoms in total. The summed E-state index contributed by atoms with van der Waals surface area (Å²) in [6, 6.07) is 9.53. The first-order valence-electron chi connectivity index (χ1n) is 10.5. The van der Waals surface area contributed by atoms with Gasteiger partial charge in [0.05, 0.1) is 11.9 Å². The molecule has 1 N–H and O–H groups in total. The first kappa shape index (κ1) is 21.3. The first-order valence-corrected chi connectivity index (χ1v) is 10.5. The van der Waals surface area contributed by atoms with E-state index in [9.17, 15) is 18.0 Å². The lowest BCUT2D eigenvalue weighted by molar-refractivity contribution is -0.142. The molecule has 0 saturated carbocycles. The lowest BCUT2D eigenvalue weighted by Gasteiger charge is -2.19. The van der Waals surface area contributed by atoms with Crippen LogP contribution in [0.5, 0.6) is 0 Å². The van der Waals surface area contributed by atoms with Gasteiger partial charge >= 0.3 is 6.18 Å². The molecule has 0 spiro atoms. The van der Waals surface area contributed by atoms with Crippen LogP contribution in [0.4, 0.5) is 13.2 Å². The van der Waals surface area contributed by atoms with Gasteiger partial charge in [0.15, 0.2) is 11.3 Å². The van der Waals surface area contributed by atoms with Gasteiger partial charge in [-0.25, -0.2) is 9.50 Å². The smallest absolute Gasteiger partial charge is 0.351 e. The minimum Gasteiger partial charge on any atom is -0.351 e. The zero-order chi connectivity index (χ0) is 21.8. The van der Waals surface area contributed by atoms with E-state index in [2.05, 4.69) is 20.3 Å². The Morgan fingerprint density at radius 1 is 1.06 bits per heavy atom. The monoisotopic (exact) mass is 431 g/mol. The van der Waals surface area contributed by atoms with E-state index in [1.54, 1.807) is 30.3 Å². The third-order valence-electron chi connectivity index (χ3n) is 5.49. The molecule has 0 atom stereocenters. The Balaban J connectivity index is 1.59. The van der Waals surface area contributed by atoms with Crippen LogP contribution < -0.4 is 5.32 Å². The Kier molecular flexibility index (Phi) is 6.22. The number of hydrogen-bond acceptors (Lipinski definition) is 4. The van der Waals surface area contributed by atoms with Gasteiger partial charge in [-0.3, -0.25) is 4.79 Å². The van der Waals surface area contributed by atoms with Crippen LogP contribution in [0.25, 0.3) is 16.9 Å². The number of carbonyl (C=O) groups excluding carboxylic acids is 1. The SMILES string of the molecule is O=C(NCCN1CCCCCC1)c1cnn2c(C(F)(F)F)cc(-c3ccccc3)nc12. The fraction of sp³-hybridized carbons (Fsp3) is 0.409. The van der Waals surface area contributed by atoms with Crippen LogP contribution >= 0.6 is 0 Å². The molecular formula is C22H24F3N5O. The zero-order valence-corrected chi connectivity index (χ0v) is 17.0. The number of rotatable bonds is 5. The maximum Gasteiger partial charge on any atom is 0.433 e. The molecule has 0 aliphatic carbocycles. The average Bonchev–Trinajstić information content (AvgIpc) is 3.01. The summed E-state index contributed by atoms with van der Waals surface area (Å²) < 4.78 is 41.7. The molecule has 164 valence electrons. The molecule has 1 aromatic carbocycles. The number of fused-ring (bicyclic) bond motifs is 1. The van der Waals surface area contributed by atoms with Gasteiger partial charge in [0.1, 0.15) is 5.56 Å². The van der Waals surface area contributed by atoms with E-state index in [1.807, 2.05) is 0 Å². The molecule has 0 unspecified atom stereocenters. The Bertz CT molecular complexity index is 1040. The normalized spacial score (nSPS) is 15.7. The van der Waals surface area contributed by atoms with E-state index in [4.69, 9.17) is 0 Å². The number of halogens is 3. The number of hydrogen-bond donors (Lipinski definition) is 1. The predicted molar refractivity (Wildman–Crippen MR) is 111 cm³/mol. The van der Waals surface area contributed by atoms with E-state index in [0.29, 0.717) is 23.2 Å². The van der Waals surface area contributed by atoms with Gasteiger partial charge in [-0.15, -0.1) is 0 Å². The van der Waals surface area contributed by atoms with Crippen LogP contribution in [0.3, 0.4) is 0 Å². The van der Waals surface area contributed by atoms with Crippen molar-refractivity contribution in [2.45, 2.75) is 31.9 Å². The number of nitrogens with one attached hydrogen (secondary N) is 1. The van der Waals surface area contributed by atoms with E-state index in [0.717, 1.165) is 38.2 Å². The molecule has 1 saturated heterocycles. The number of benzene rings is 1. The fourth-order valence-corrected chi connectivity index (χ4v) is 3.86. The van der Waals surface area contributed by atoms with Crippen molar-refractivity contribution < 1.29 is 18.0 Å². The molecule has 1 aliphatic heterocycles. The molecule has 9 heteroatoms. The molecular weight excluding hydrogens is 407 g/mol. The van der Waals surface area contributed by atoms with Crippen molar-refractivity contribution in [3.05, 3.63) is 53.9 Å². The largest absolute Gasteiger partial charge is 0.433 e. The summed E-state index contributed by atoms with van der Waals surface area (Å²) in [4.78, 5) is 19.4. The fourth-order valence-electron chi connectivity index (χ4n) is 3.86. The van der Waals surface area contributed by atoms with Crippen molar-refractivity contribution >= 4 is 11.6 Å². The van der Waals surface area contributed by atoms with Crippen LogP contribution in [-0.2, 0) is 6.18 Å². The lowest BCUT2D eigenvalue weighted by Crippen LogP contribution is -2.35. The third kappa shape index (κ3) is 4.87. The van der Waals surface area contributed by atoms with Crippen molar-refractivity contribution in [2.24, 2.45) is 0 Å². The van der Waals surface area contributed by atoms with Crippen LogP contribution in [0.1, 0.15) is 41.7 Å². The van der Waals surface area contributed by atoms with Crippen molar-refractivity contribution in [3.8, 4) is 11.3 Å². The van der Waals surface area contributed by atoms with Crippen molar-refractivity contribution in [3.63, 3.8) is 0 Å². The Hall–Kier alpha value is -2.94. The van der Waals surface area contributed by atoms with Crippen LogP contribution in [-0.4, -0.2) is 51.6 Å². The molecule has 31 heavy (non-hydrogen) atoms. The van der Waals surface area contributed by atoms with Crippen molar-refractivity contribution in [2.75, 3.05) is 26.2 Å². The second kappa shape index (κ2) is 9.05. The quantitative estimate of drug-likeness (QED) is 0.663. The van der Waals surface area contributed by atoms with E-state index >= 15 is 0 Å². The van der Waals surface area contributed by atoms with Gasteiger partial charge in [-0.1, -0.05) is 43.2 Å². The summed E-state index contributed by atoms with van der Waals surface area (Å²) in [7, 11) is 0. The second-order valence-electron chi connectivity index (χ2n) is 7.70. The topological polar surface area (TPSA) is 62.5 Å². The Morgan fingerprint density at radius 3 is 2.45 bits per heavy atom. The van der Waals surface area contributed by atoms with Crippen LogP contribution in [0, 0.1) is 0 Å². The number of likely N-dealkylation sites (tertiary alicyclic amines) is 1. The molecule has 0 bridgehead atoms. The number of nitrogens with zero attached hydrogens (tertiary/aromatic N) is 4.